The second-order valence-corrected chi connectivity index (χ2v) is 9.67. The van der Waals surface area contributed by atoms with Crippen LogP contribution < -0.4 is 9.64 Å². The predicted octanol–water partition coefficient (Wildman–Crippen LogP) is 6.79. The molecule has 2 heterocycles. The standard InChI is InChI=1S/C32H30FN3O2/c1-2-3-8-30-26(17-23-10-9-22(19-29(23)33)28-7-5-4-6-25(28)20-34)21-36(32(35-30)13-15-37)27-11-12-31-24(18-27)14-16-38-31/h4-7,9-12,15,18-19H,2-3,8,13-14,16-17,21H2,1H3. The number of hydrogen-bond acceptors (Lipinski definition) is 5. The summed E-state index contributed by atoms with van der Waals surface area (Å²) in [4.78, 5) is 18.6. The molecule has 0 N–H and O–H groups in total. The van der Waals surface area contributed by atoms with Crippen molar-refractivity contribution in [3.63, 3.8) is 0 Å². The number of benzene rings is 3. The van der Waals surface area contributed by atoms with Crippen LogP contribution in [0.3, 0.4) is 0 Å². The zero-order valence-electron chi connectivity index (χ0n) is 21.5. The van der Waals surface area contributed by atoms with E-state index in [2.05, 4.69) is 24.0 Å². The Morgan fingerprint density at radius 1 is 1.16 bits per heavy atom. The molecule has 0 saturated heterocycles. The summed E-state index contributed by atoms with van der Waals surface area (Å²) in [7, 11) is 0. The summed E-state index contributed by atoms with van der Waals surface area (Å²) < 4.78 is 21.1. The minimum Gasteiger partial charge on any atom is -0.493 e. The Labute approximate surface area is 222 Å². The number of anilines is 1. The second-order valence-electron chi connectivity index (χ2n) is 9.67. The van der Waals surface area contributed by atoms with Crippen LogP contribution in [-0.4, -0.2) is 25.3 Å². The Hall–Kier alpha value is -4.24. The van der Waals surface area contributed by atoms with Crippen LogP contribution in [0.5, 0.6) is 5.75 Å². The number of halogens is 1. The molecule has 6 heteroatoms. The van der Waals surface area contributed by atoms with E-state index < -0.39 is 0 Å². The summed E-state index contributed by atoms with van der Waals surface area (Å²) in [5.74, 6) is 1.32. The fraction of sp³-hybridized carbons (Fsp3) is 0.281. The van der Waals surface area contributed by atoms with Crippen LogP contribution in [0.15, 0.2) is 76.9 Å². The van der Waals surface area contributed by atoms with Crippen molar-refractivity contribution in [3.05, 3.63) is 94.4 Å². The van der Waals surface area contributed by atoms with Crippen LogP contribution in [0.1, 0.15) is 49.3 Å². The van der Waals surface area contributed by atoms with E-state index in [0.29, 0.717) is 36.3 Å². The van der Waals surface area contributed by atoms with Gasteiger partial charge in [-0.3, -0.25) is 0 Å². The van der Waals surface area contributed by atoms with Crippen LogP contribution in [0.2, 0.25) is 0 Å². The van der Waals surface area contributed by atoms with Gasteiger partial charge in [0.1, 0.15) is 23.7 Å². The van der Waals surface area contributed by atoms with Crippen LogP contribution in [0, 0.1) is 17.1 Å². The minimum atomic E-state index is -0.304. The van der Waals surface area contributed by atoms with Gasteiger partial charge >= 0.3 is 0 Å². The van der Waals surface area contributed by atoms with Crippen molar-refractivity contribution < 1.29 is 13.9 Å². The third-order valence-corrected chi connectivity index (χ3v) is 7.17. The van der Waals surface area contributed by atoms with Gasteiger partial charge < -0.3 is 14.4 Å². The maximum atomic E-state index is 15.5. The van der Waals surface area contributed by atoms with Gasteiger partial charge in [0.05, 0.1) is 24.7 Å². The highest BCUT2D eigenvalue weighted by Gasteiger charge is 2.25. The summed E-state index contributed by atoms with van der Waals surface area (Å²) in [6, 6.07) is 20.7. The van der Waals surface area contributed by atoms with Gasteiger partial charge in [0.2, 0.25) is 0 Å². The Bertz CT molecular complexity index is 1470. The van der Waals surface area contributed by atoms with Crippen LogP contribution in [-0.2, 0) is 17.6 Å². The number of fused-ring (bicyclic) bond motifs is 1. The maximum Gasteiger partial charge on any atom is 0.127 e. The van der Waals surface area contributed by atoms with E-state index in [1.807, 2.05) is 36.4 Å². The molecule has 2 aliphatic heterocycles. The van der Waals surface area contributed by atoms with E-state index >= 15 is 4.39 Å². The van der Waals surface area contributed by atoms with E-state index in [4.69, 9.17) is 9.73 Å². The summed E-state index contributed by atoms with van der Waals surface area (Å²) in [6.07, 6.45) is 5.17. The van der Waals surface area contributed by atoms with Crippen molar-refractivity contribution in [3.8, 4) is 22.9 Å². The third-order valence-electron chi connectivity index (χ3n) is 7.17. The van der Waals surface area contributed by atoms with Gasteiger partial charge in [-0.25, -0.2) is 9.38 Å². The maximum absolute atomic E-state index is 15.5. The highest BCUT2D eigenvalue weighted by Crippen LogP contribution is 2.34. The molecule has 5 nitrogen and oxygen atoms in total. The summed E-state index contributed by atoms with van der Waals surface area (Å²) >= 11 is 0. The lowest BCUT2D eigenvalue weighted by Gasteiger charge is -2.32. The number of aliphatic imine (C=N–C) groups is 1. The molecule has 0 radical (unpaired) electrons. The quantitative estimate of drug-likeness (QED) is 0.299. The number of unbranched alkanes of at least 4 members (excludes halogenated alkanes) is 1. The highest BCUT2D eigenvalue weighted by atomic mass is 19.1. The number of rotatable bonds is 9. The number of nitriles is 1. The number of nitrogens with zero attached hydrogens (tertiary/aromatic N) is 3. The van der Waals surface area contributed by atoms with Crippen LogP contribution in [0.25, 0.3) is 11.1 Å². The van der Waals surface area contributed by atoms with E-state index in [1.165, 1.54) is 6.07 Å². The van der Waals surface area contributed by atoms with Crippen molar-refractivity contribution >= 4 is 17.8 Å². The lowest BCUT2D eigenvalue weighted by molar-refractivity contribution is -0.106. The molecule has 2 aliphatic rings. The molecule has 0 fully saturated rings. The Morgan fingerprint density at radius 2 is 2.03 bits per heavy atom. The van der Waals surface area contributed by atoms with Crippen molar-refractivity contribution in [2.45, 2.75) is 45.4 Å². The summed E-state index contributed by atoms with van der Waals surface area (Å²) in [6.45, 7) is 3.35. The topological polar surface area (TPSA) is 65.7 Å². The molecule has 0 spiro atoms. The molecule has 0 saturated carbocycles. The Balaban J connectivity index is 1.49. The predicted molar refractivity (Wildman–Crippen MR) is 148 cm³/mol. The van der Waals surface area contributed by atoms with Crippen LogP contribution >= 0.6 is 0 Å². The molecular weight excluding hydrogens is 477 g/mol. The number of carbonyl (C=O) groups is 1. The minimum absolute atomic E-state index is 0.220. The molecule has 38 heavy (non-hydrogen) atoms. The number of carbonyl (C=O) groups excluding carboxylic acids is 1. The Kier molecular flexibility index (Phi) is 7.65. The summed E-state index contributed by atoms with van der Waals surface area (Å²) in [5.41, 5.74) is 6.61. The van der Waals surface area contributed by atoms with E-state index in [0.717, 1.165) is 71.6 Å². The van der Waals surface area contributed by atoms with Crippen molar-refractivity contribution in [2.75, 3.05) is 18.1 Å². The molecule has 0 aromatic heterocycles. The van der Waals surface area contributed by atoms with Crippen molar-refractivity contribution in [1.82, 2.24) is 0 Å². The lowest BCUT2D eigenvalue weighted by Crippen LogP contribution is -2.37. The molecule has 0 bridgehead atoms. The summed E-state index contributed by atoms with van der Waals surface area (Å²) in [5, 5.41) is 9.45. The smallest absolute Gasteiger partial charge is 0.127 e. The molecule has 5 rings (SSSR count). The zero-order chi connectivity index (χ0) is 26.5. The molecule has 3 aromatic carbocycles. The number of hydrogen-bond donors (Lipinski definition) is 0. The Morgan fingerprint density at radius 3 is 2.82 bits per heavy atom. The SMILES string of the molecule is CCCCC1=C(Cc2ccc(-c3ccccc3C#N)cc2F)CN(c2ccc3c(c2)CCO3)C(CC=O)=N1. The molecule has 0 aliphatic carbocycles. The molecule has 0 unspecified atom stereocenters. The average Bonchev–Trinajstić information content (AvgIpc) is 3.42. The monoisotopic (exact) mass is 507 g/mol. The number of ether oxygens (including phenoxy) is 1. The van der Waals surface area contributed by atoms with Gasteiger partial charge in [-0.1, -0.05) is 43.7 Å². The zero-order valence-corrected chi connectivity index (χ0v) is 21.5. The number of amidine groups is 1. The second kappa shape index (κ2) is 11.4. The largest absolute Gasteiger partial charge is 0.493 e. The molecular formula is C32H30FN3O2. The van der Waals surface area contributed by atoms with Crippen molar-refractivity contribution in [1.29, 1.82) is 5.26 Å². The fourth-order valence-electron chi connectivity index (χ4n) is 5.14. The molecule has 0 atom stereocenters. The fourth-order valence-corrected chi connectivity index (χ4v) is 5.14. The normalized spacial score (nSPS) is 14.6. The van der Waals surface area contributed by atoms with Gasteiger partial charge in [0.15, 0.2) is 0 Å². The van der Waals surface area contributed by atoms with Gasteiger partial charge in [0.25, 0.3) is 0 Å². The molecule has 0 amide bonds. The number of aldehydes is 1. The molecule has 3 aromatic rings. The first-order valence-corrected chi connectivity index (χ1v) is 13.1. The van der Waals surface area contributed by atoms with E-state index in [-0.39, 0.29) is 12.2 Å². The molecule has 192 valence electrons. The average molecular weight is 508 g/mol. The van der Waals surface area contributed by atoms with Crippen LogP contribution in [0.4, 0.5) is 10.1 Å². The van der Waals surface area contributed by atoms with Gasteiger partial charge in [0, 0.05) is 30.8 Å². The number of allylic oxidation sites excluding steroid dienone is 1. The first-order valence-electron chi connectivity index (χ1n) is 13.1. The lowest BCUT2D eigenvalue weighted by atomic mass is 9.95. The third kappa shape index (κ3) is 5.24. The first kappa shape index (κ1) is 25.4. The van der Waals surface area contributed by atoms with Gasteiger partial charge in [-0.05, 0) is 71.0 Å². The van der Waals surface area contributed by atoms with Gasteiger partial charge in [-0.15, -0.1) is 0 Å². The highest BCUT2D eigenvalue weighted by molar-refractivity contribution is 6.05. The van der Waals surface area contributed by atoms with E-state index in [1.54, 1.807) is 12.1 Å². The first-order chi connectivity index (χ1) is 18.6. The van der Waals surface area contributed by atoms with E-state index in [9.17, 15) is 10.1 Å². The van der Waals surface area contributed by atoms with Gasteiger partial charge in [-0.2, -0.15) is 5.26 Å². The van der Waals surface area contributed by atoms with Crippen molar-refractivity contribution in [2.24, 2.45) is 4.99 Å².